The first-order chi connectivity index (χ1) is 7.33. The van der Waals surface area contributed by atoms with Gasteiger partial charge in [0.2, 0.25) is 0 Å². The van der Waals surface area contributed by atoms with E-state index < -0.39 is 11.5 Å². The molecule has 4 heteroatoms. The van der Waals surface area contributed by atoms with Crippen LogP contribution < -0.4 is 5.32 Å². The molecule has 1 saturated heterocycles. The first-order valence-electron chi connectivity index (χ1n) is 6.07. The fourth-order valence-electron chi connectivity index (χ4n) is 2.43. The summed E-state index contributed by atoms with van der Waals surface area (Å²) in [5, 5.41) is 12.5. The number of hydrogen-bond acceptors (Lipinski definition) is 3. The fourth-order valence-corrected chi connectivity index (χ4v) is 2.43. The summed E-state index contributed by atoms with van der Waals surface area (Å²) in [7, 11) is 0. The van der Waals surface area contributed by atoms with Crippen LogP contribution in [0.5, 0.6) is 0 Å². The number of carbonyl (C=O) groups is 1. The van der Waals surface area contributed by atoms with Crippen LogP contribution in [0.3, 0.4) is 0 Å². The highest BCUT2D eigenvalue weighted by Crippen LogP contribution is 2.18. The molecule has 2 N–H and O–H groups in total. The Morgan fingerprint density at radius 2 is 2.25 bits per heavy atom. The summed E-state index contributed by atoms with van der Waals surface area (Å²) < 4.78 is 0. The van der Waals surface area contributed by atoms with Crippen LogP contribution >= 0.6 is 0 Å². The van der Waals surface area contributed by atoms with Gasteiger partial charge in [-0.2, -0.15) is 0 Å². The van der Waals surface area contributed by atoms with Crippen LogP contribution in [0.15, 0.2) is 0 Å². The van der Waals surface area contributed by atoms with E-state index >= 15 is 0 Å². The second-order valence-corrected chi connectivity index (χ2v) is 5.57. The van der Waals surface area contributed by atoms with E-state index in [1.165, 1.54) is 6.42 Å². The molecule has 1 aliphatic heterocycles. The van der Waals surface area contributed by atoms with Crippen LogP contribution in [0.2, 0.25) is 0 Å². The zero-order chi connectivity index (χ0) is 12.3. The molecule has 16 heavy (non-hydrogen) atoms. The van der Waals surface area contributed by atoms with Crippen LogP contribution in [0.1, 0.15) is 34.1 Å². The van der Waals surface area contributed by atoms with E-state index in [1.54, 1.807) is 6.92 Å². The second-order valence-electron chi connectivity index (χ2n) is 5.57. The van der Waals surface area contributed by atoms with Crippen LogP contribution in [-0.4, -0.2) is 47.2 Å². The summed E-state index contributed by atoms with van der Waals surface area (Å²) in [5.74, 6) is -0.0714. The lowest BCUT2D eigenvalue weighted by atomic mass is 10.0. The van der Waals surface area contributed by atoms with Crippen molar-refractivity contribution < 1.29 is 9.90 Å². The summed E-state index contributed by atoms with van der Waals surface area (Å²) in [6.07, 6.45) is 1.18. The Morgan fingerprint density at radius 3 is 2.62 bits per heavy atom. The molecule has 0 saturated carbocycles. The van der Waals surface area contributed by atoms with Crippen molar-refractivity contribution in [2.75, 3.05) is 19.6 Å². The summed E-state index contributed by atoms with van der Waals surface area (Å²) >= 11 is 0. The van der Waals surface area contributed by atoms with Crippen molar-refractivity contribution in [3.8, 4) is 0 Å². The molecule has 1 rings (SSSR count). The molecule has 0 bridgehead atoms. The first kappa shape index (κ1) is 13.5. The number of aliphatic carboxylic acids is 1. The van der Waals surface area contributed by atoms with Gasteiger partial charge in [-0.15, -0.1) is 0 Å². The highest BCUT2D eigenvalue weighted by atomic mass is 16.4. The number of rotatable bonds is 5. The van der Waals surface area contributed by atoms with E-state index in [9.17, 15) is 9.90 Å². The Bertz CT molecular complexity index is 255. The van der Waals surface area contributed by atoms with Crippen LogP contribution in [-0.2, 0) is 4.79 Å². The zero-order valence-electron chi connectivity index (χ0n) is 10.8. The minimum atomic E-state index is -0.835. The van der Waals surface area contributed by atoms with Crippen molar-refractivity contribution in [2.24, 2.45) is 5.92 Å². The molecule has 1 fully saturated rings. The summed E-state index contributed by atoms with van der Waals surface area (Å²) in [5.41, 5.74) is -0.835. The molecule has 2 unspecified atom stereocenters. The Labute approximate surface area is 98.0 Å². The fraction of sp³-hybridized carbons (Fsp3) is 0.917. The highest BCUT2D eigenvalue weighted by molar-refractivity contribution is 5.78. The Kier molecular flexibility index (Phi) is 4.33. The van der Waals surface area contributed by atoms with Crippen LogP contribution in [0, 0.1) is 5.92 Å². The Balaban J connectivity index is 2.60. The molecule has 2 atom stereocenters. The highest BCUT2D eigenvalue weighted by Gasteiger charge is 2.36. The minimum Gasteiger partial charge on any atom is -0.480 e. The molecule has 0 aromatic heterocycles. The maximum absolute atomic E-state index is 11.3. The van der Waals surface area contributed by atoms with Crippen molar-refractivity contribution in [1.29, 1.82) is 0 Å². The molecular weight excluding hydrogens is 204 g/mol. The quantitative estimate of drug-likeness (QED) is 0.741. The number of hydrogen-bond donors (Lipinski definition) is 2. The minimum absolute atomic E-state index is 0.182. The third-order valence-corrected chi connectivity index (χ3v) is 3.13. The van der Waals surface area contributed by atoms with Crippen molar-refractivity contribution in [3.05, 3.63) is 0 Å². The van der Waals surface area contributed by atoms with Crippen molar-refractivity contribution >= 4 is 5.97 Å². The molecule has 0 aromatic rings. The van der Waals surface area contributed by atoms with Gasteiger partial charge in [0.05, 0.1) is 0 Å². The van der Waals surface area contributed by atoms with Gasteiger partial charge in [0.1, 0.15) is 5.54 Å². The third-order valence-electron chi connectivity index (χ3n) is 3.13. The van der Waals surface area contributed by atoms with E-state index in [1.807, 2.05) is 13.8 Å². The zero-order valence-corrected chi connectivity index (χ0v) is 10.8. The average Bonchev–Trinajstić information content (AvgIpc) is 2.49. The van der Waals surface area contributed by atoms with E-state index in [0.29, 0.717) is 12.5 Å². The number of nitrogens with zero attached hydrogens (tertiary/aromatic N) is 1. The average molecular weight is 228 g/mol. The van der Waals surface area contributed by atoms with Gasteiger partial charge in [0.15, 0.2) is 0 Å². The topological polar surface area (TPSA) is 52.6 Å². The molecule has 4 nitrogen and oxygen atoms in total. The summed E-state index contributed by atoms with van der Waals surface area (Å²) in [6.45, 7) is 10.6. The Morgan fingerprint density at radius 1 is 1.62 bits per heavy atom. The normalized spacial score (nSPS) is 25.9. The summed E-state index contributed by atoms with van der Waals surface area (Å²) in [4.78, 5) is 13.6. The van der Waals surface area contributed by atoms with Gasteiger partial charge >= 0.3 is 5.97 Å². The van der Waals surface area contributed by atoms with Crippen LogP contribution in [0.25, 0.3) is 0 Å². The number of carboxylic acid groups (broad SMARTS) is 1. The molecule has 0 aromatic carbocycles. The standard InChI is InChI=1S/C12H24N2O2/c1-9(2)13-12(4,11(15)16)8-14-6-5-10(3)7-14/h9-10,13H,5-8H2,1-4H3,(H,15,16). The second kappa shape index (κ2) is 5.15. The molecule has 0 radical (unpaired) electrons. The maximum Gasteiger partial charge on any atom is 0.324 e. The van der Waals surface area contributed by atoms with E-state index in [4.69, 9.17) is 0 Å². The Hall–Kier alpha value is -0.610. The number of nitrogens with one attached hydrogen (secondary N) is 1. The number of carboxylic acids is 1. The molecule has 1 heterocycles. The van der Waals surface area contributed by atoms with E-state index in [-0.39, 0.29) is 6.04 Å². The van der Waals surface area contributed by atoms with Gasteiger partial charge in [-0.3, -0.25) is 10.1 Å². The van der Waals surface area contributed by atoms with E-state index in [0.717, 1.165) is 13.1 Å². The molecule has 1 aliphatic rings. The SMILES string of the molecule is CC1CCN(CC(C)(NC(C)C)C(=O)O)C1. The predicted molar refractivity (Wildman–Crippen MR) is 64.5 cm³/mol. The maximum atomic E-state index is 11.3. The van der Waals surface area contributed by atoms with Crippen molar-refractivity contribution in [1.82, 2.24) is 10.2 Å². The van der Waals surface area contributed by atoms with Crippen molar-refractivity contribution in [3.63, 3.8) is 0 Å². The van der Waals surface area contributed by atoms with Gasteiger partial charge in [-0.1, -0.05) is 6.92 Å². The number of likely N-dealkylation sites (tertiary alicyclic amines) is 1. The van der Waals surface area contributed by atoms with E-state index in [2.05, 4.69) is 17.1 Å². The van der Waals surface area contributed by atoms with Gasteiger partial charge in [0.25, 0.3) is 0 Å². The molecule has 0 amide bonds. The lowest BCUT2D eigenvalue weighted by molar-refractivity contribution is -0.145. The van der Waals surface area contributed by atoms with Crippen molar-refractivity contribution in [2.45, 2.75) is 45.7 Å². The van der Waals surface area contributed by atoms with Gasteiger partial charge in [-0.05, 0) is 39.7 Å². The molecule has 0 spiro atoms. The molecule has 0 aliphatic carbocycles. The lowest BCUT2D eigenvalue weighted by Crippen LogP contribution is -2.58. The summed E-state index contributed by atoms with van der Waals surface area (Å²) in [6, 6.07) is 0.182. The third kappa shape index (κ3) is 3.46. The monoisotopic (exact) mass is 228 g/mol. The molecule has 94 valence electrons. The first-order valence-corrected chi connectivity index (χ1v) is 6.07. The van der Waals surface area contributed by atoms with Gasteiger partial charge in [-0.25, -0.2) is 0 Å². The molecular formula is C12H24N2O2. The smallest absolute Gasteiger partial charge is 0.324 e. The van der Waals surface area contributed by atoms with Gasteiger partial charge in [0, 0.05) is 19.1 Å². The lowest BCUT2D eigenvalue weighted by Gasteiger charge is -2.32. The van der Waals surface area contributed by atoms with Crippen LogP contribution in [0.4, 0.5) is 0 Å². The largest absolute Gasteiger partial charge is 0.480 e. The predicted octanol–water partition coefficient (Wildman–Crippen LogP) is 1.17. The van der Waals surface area contributed by atoms with Gasteiger partial charge < -0.3 is 10.0 Å².